The van der Waals surface area contributed by atoms with Gasteiger partial charge in [0.2, 0.25) is 0 Å². The molecule has 2 aromatic rings. The summed E-state index contributed by atoms with van der Waals surface area (Å²) in [5.74, 6) is 1.81. The zero-order valence-corrected chi connectivity index (χ0v) is 13.4. The number of halogens is 1. The van der Waals surface area contributed by atoms with Crippen LogP contribution in [0.3, 0.4) is 0 Å². The van der Waals surface area contributed by atoms with E-state index in [1.54, 1.807) is 32.5 Å². The molecule has 112 valence electrons. The minimum absolute atomic E-state index is 0.0570. The second-order valence-electron chi connectivity index (χ2n) is 4.19. The molecule has 0 saturated heterocycles. The number of nitrogens with zero attached hydrogens (tertiary/aromatic N) is 1. The fourth-order valence-corrected chi connectivity index (χ4v) is 2.24. The van der Waals surface area contributed by atoms with Crippen LogP contribution < -0.4 is 14.2 Å². The summed E-state index contributed by atoms with van der Waals surface area (Å²) in [5.41, 5.74) is 1.41. The molecule has 0 saturated carbocycles. The molecule has 1 aromatic heterocycles. The van der Waals surface area contributed by atoms with E-state index in [-0.39, 0.29) is 13.2 Å². The van der Waals surface area contributed by atoms with Gasteiger partial charge in [-0.25, -0.2) is 0 Å². The van der Waals surface area contributed by atoms with Crippen molar-refractivity contribution in [3.8, 4) is 17.2 Å². The van der Waals surface area contributed by atoms with E-state index in [9.17, 15) is 5.11 Å². The third-order valence-corrected chi connectivity index (χ3v) is 3.70. The van der Waals surface area contributed by atoms with Gasteiger partial charge in [-0.3, -0.25) is 4.98 Å². The maximum atomic E-state index is 9.24. The maximum absolute atomic E-state index is 9.24. The van der Waals surface area contributed by atoms with Gasteiger partial charge < -0.3 is 19.3 Å². The highest BCUT2D eigenvalue weighted by Gasteiger charge is 2.12. The zero-order chi connectivity index (χ0) is 15.2. The van der Waals surface area contributed by atoms with Crippen molar-refractivity contribution in [2.24, 2.45) is 0 Å². The van der Waals surface area contributed by atoms with Gasteiger partial charge in [-0.2, -0.15) is 0 Å². The van der Waals surface area contributed by atoms with Gasteiger partial charge in [-0.05, 0) is 23.8 Å². The highest BCUT2D eigenvalue weighted by molar-refractivity contribution is 9.10. The molecule has 0 radical (unpaired) electrons. The quantitative estimate of drug-likeness (QED) is 0.864. The van der Waals surface area contributed by atoms with Crippen molar-refractivity contribution < 1.29 is 19.3 Å². The molecule has 1 N–H and O–H groups in total. The average Bonchev–Trinajstić information content (AvgIpc) is 2.53. The van der Waals surface area contributed by atoms with Crippen molar-refractivity contribution >= 4 is 15.9 Å². The number of benzene rings is 1. The molecule has 0 spiro atoms. The molecule has 2 rings (SSSR count). The van der Waals surface area contributed by atoms with Crippen molar-refractivity contribution in [2.45, 2.75) is 13.2 Å². The fourth-order valence-electron chi connectivity index (χ4n) is 1.87. The number of pyridine rings is 1. The highest BCUT2D eigenvalue weighted by atomic mass is 79.9. The van der Waals surface area contributed by atoms with Gasteiger partial charge in [0.15, 0.2) is 11.5 Å². The zero-order valence-electron chi connectivity index (χ0n) is 11.8. The van der Waals surface area contributed by atoms with Crippen LogP contribution in [0.4, 0.5) is 0 Å². The predicted octanol–water partition coefficient (Wildman–Crippen LogP) is 2.93. The molecular formula is C15H16BrNO4. The molecule has 1 aromatic carbocycles. The Balaban J connectivity index is 2.16. The molecule has 0 amide bonds. The van der Waals surface area contributed by atoms with Crippen molar-refractivity contribution in [1.29, 1.82) is 0 Å². The van der Waals surface area contributed by atoms with Crippen molar-refractivity contribution in [3.05, 3.63) is 46.2 Å². The van der Waals surface area contributed by atoms with E-state index in [4.69, 9.17) is 14.2 Å². The first-order chi connectivity index (χ1) is 10.2. The van der Waals surface area contributed by atoms with Crippen LogP contribution in [0.15, 0.2) is 34.9 Å². The van der Waals surface area contributed by atoms with Gasteiger partial charge in [0.25, 0.3) is 0 Å². The van der Waals surface area contributed by atoms with E-state index in [2.05, 4.69) is 20.9 Å². The van der Waals surface area contributed by atoms with E-state index in [0.717, 1.165) is 10.0 Å². The molecule has 0 aliphatic carbocycles. The Bertz CT molecular complexity index is 619. The number of aliphatic hydroxyl groups excluding tert-OH is 1. The van der Waals surface area contributed by atoms with Gasteiger partial charge >= 0.3 is 0 Å². The number of methoxy groups -OCH3 is 2. The molecular weight excluding hydrogens is 338 g/mol. The first-order valence-electron chi connectivity index (χ1n) is 6.27. The lowest BCUT2D eigenvalue weighted by Gasteiger charge is -2.13. The monoisotopic (exact) mass is 353 g/mol. The van der Waals surface area contributed by atoms with E-state index >= 15 is 0 Å². The van der Waals surface area contributed by atoms with Crippen LogP contribution in [0.5, 0.6) is 17.2 Å². The summed E-state index contributed by atoms with van der Waals surface area (Å²) in [6.45, 7) is 0.186. The van der Waals surface area contributed by atoms with Crippen LogP contribution in [-0.2, 0) is 13.2 Å². The lowest BCUT2D eigenvalue weighted by Crippen LogP contribution is -2.03. The Morgan fingerprint density at radius 1 is 1.19 bits per heavy atom. The molecule has 5 nitrogen and oxygen atoms in total. The van der Waals surface area contributed by atoms with Gasteiger partial charge in [0.1, 0.15) is 18.1 Å². The van der Waals surface area contributed by atoms with Crippen LogP contribution in [0, 0.1) is 0 Å². The summed E-state index contributed by atoms with van der Waals surface area (Å²) in [6, 6.07) is 7.15. The lowest BCUT2D eigenvalue weighted by atomic mass is 10.2. The molecule has 0 unspecified atom stereocenters. The Morgan fingerprint density at radius 3 is 2.67 bits per heavy atom. The van der Waals surface area contributed by atoms with Crippen LogP contribution in [0.1, 0.15) is 11.3 Å². The SMILES string of the molecule is COc1ccnc(COc2ccc(Br)c(CO)c2)c1OC. The maximum Gasteiger partial charge on any atom is 0.185 e. The summed E-state index contributed by atoms with van der Waals surface area (Å²) in [7, 11) is 3.14. The molecule has 1 heterocycles. The molecule has 0 bridgehead atoms. The van der Waals surface area contributed by atoms with Crippen molar-refractivity contribution in [2.75, 3.05) is 14.2 Å². The van der Waals surface area contributed by atoms with E-state index in [1.165, 1.54) is 0 Å². The average molecular weight is 354 g/mol. The van der Waals surface area contributed by atoms with E-state index < -0.39 is 0 Å². The minimum atomic E-state index is -0.0570. The van der Waals surface area contributed by atoms with Crippen molar-refractivity contribution in [3.63, 3.8) is 0 Å². The van der Waals surface area contributed by atoms with Gasteiger partial charge in [-0.1, -0.05) is 15.9 Å². The number of hydrogen-bond acceptors (Lipinski definition) is 5. The topological polar surface area (TPSA) is 60.8 Å². The smallest absolute Gasteiger partial charge is 0.185 e. The van der Waals surface area contributed by atoms with E-state index in [1.807, 2.05) is 12.1 Å². The number of aliphatic hydroxyl groups is 1. The van der Waals surface area contributed by atoms with Gasteiger partial charge in [0, 0.05) is 16.7 Å². The Morgan fingerprint density at radius 2 is 2.00 bits per heavy atom. The number of rotatable bonds is 6. The Kier molecular flexibility index (Phi) is 5.41. The summed E-state index contributed by atoms with van der Waals surface area (Å²) < 4.78 is 17.1. The van der Waals surface area contributed by atoms with Crippen LogP contribution in [0.25, 0.3) is 0 Å². The molecule has 0 aliphatic rings. The first kappa shape index (κ1) is 15.6. The number of hydrogen-bond donors (Lipinski definition) is 1. The standard InChI is InChI=1S/C15H16BrNO4/c1-19-14-5-6-17-13(15(14)20-2)9-21-11-3-4-12(16)10(7-11)8-18/h3-7,18H,8-9H2,1-2H3. The molecule has 0 fully saturated rings. The second-order valence-corrected chi connectivity index (χ2v) is 5.05. The first-order valence-corrected chi connectivity index (χ1v) is 7.06. The number of ether oxygens (including phenoxy) is 3. The van der Waals surface area contributed by atoms with E-state index in [0.29, 0.717) is 22.9 Å². The summed E-state index contributed by atoms with van der Waals surface area (Å²) in [6.07, 6.45) is 1.64. The number of aromatic nitrogens is 1. The Labute approximate surface area is 131 Å². The van der Waals surface area contributed by atoms with Crippen molar-refractivity contribution in [1.82, 2.24) is 4.98 Å². The third-order valence-electron chi connectivity index (χ3n) is 2.93. The summed E-state index contributed by atoms with van der Waals surface area (Å²) >= 11 is 3.36. The minimum Gasteiger partial charge on any atom is -0.493 e. The normalized spacial score (nSPS) is 10.3. The molecule has 21 heavy (non-hydrogen) atoms. The van der Waals surface area contributed by atoms with Gasteiger partial charge in [0.05, 0.1) is 20.8 Å². The highest BCUT2D eigenvalue weighted by Crippen LogP contribution is 2.30. The largest absolute Gasteiger partial charge is 0.493 e. The van der Waals surface area contributed by atoms with Crippen LogP contribution in [-0.4, -0.2) is 24.3 Å². The molecule has 0 atom stereocenters. The summed E-state index contributed by atoms with van der Waals surface area (Å²) in [5, 5.41) is 9.24. The summed E-state index contributed by atoms with van der Waals surface area (Å²) in [4.78, 5) is 4.24. The predicted molar refractivity (Wildman–Crippen MR) is 81.7 cm³/mol. The fraction of sp³-hybridized carbons (Fsp3) is 0.267. The van der Waals surface area contributed by atoms with Crippen LogP contribution in [0.2, 0.25) is 0 Å². The molecule has 6 heteroatoms. The van der Waals surface area contributed by atoms with Gasteiger partial charge in [-0.15, -0.1) is 0 Å². The van der Waals surface area contributed by atoms with Crippen LogP contribution >= 0.6 is 15.9 Å². The second kappa shape index (κ2) is 7.28. The Hall–Kier alpha value is -1.79. The molecule has 0 aliphatic heterocycles. The lowest BCUT2D eigenvalue weighted by molar-refractivity contribution is 0.273. The third kappa shape index (κ3) is 3.65.